The first-order valence-electron chi connectivity index (χ1n) is 8.43. The first-order chi connectivity index (χ1) is 11.4. The van der Waals surface area contributed by atoms with Crippen molar-refractivity contribution in [1.82, 2.24) is 9.62 Å². The minimum absolute atomic E-state index is 0.0816. The van der Waals surface area contributed by atoms with Gasteiger partial charge in [0.2, 0.25) is 10.0 Å². The second kappa shape index (κ2) is 7.07. The van der Waals surface area contributed by atoms with E-state index in [0.29, 0.717) is 18.7 Å². The zero-order valence-corrected chi connectivity index (χ0v) is 14.8. The maximum absolute atomic E-state index is 13.8. The van der Waals surface area contributed by atoms with Crippen LogP contribution in [0.3, 0.4) is 0 Å². The highest BCUT2D eigenvalue weighted by molar-refractivity contribution is 7.88. The van der Waals surface area contributed by atoms with Crippen molar-refractivity contribution in [3.63, 3.8) is 0 Å². The van der Waals surface area contributed by atoms with Gasteiger partial charge in [-0.05, 0) is 31.7 Å². The van der Waals surface area contributed by atoms with E-state index in [9.17, 15) is 12.8 Å². The van der Waals surface area contributed by atoms with Gasteiger partial charge in [-0.15, -0.1) is 0 Å². The molecule has 1 aromatic rings. The molecule has 0 aliphatic carbocycles. The van der Waals surface area contributed by atoms with Gasteiger partial charge < -0.3 is 4.74 Å². The first-order valence-corrected chi connectivity index (χ1v) is 10.3. The first kappa shape index (κ1) is 17.8. The summed E-state index contributed by atoms with van der Waals surface area (Å²) in [5, 5.41) is 0. The van der Waals surface area contributed by atoms with Crippen molar-refractivity contribution in [2.45, 2.75) is 43.9 Å². The molecule has 0 aromatic heterocycles. The average molecular weight is 356 g/mol. The lowest BCUT2D eigenvalue weighted by molar-refractivity contribution is -0.118. The normalized spacial score (nSPS) is 28.5. The molecule has 134 valence electrons. The maximum atomic E-state index is 13.8. The van der Waals surface area contributed by atoms with E-state index in [-0.39, 0.29) is 17.5 Å². The van der Waals surface area contributed by atoms with E-state index in [0.717, 1.165) is 45.0 Å². The molecule has 0 saturated carbocycles. The molecule has 1 aromatic carbocycles. The van der Waals surface area contributed by atoms with Gasteiger partial charge in [0.25, 0.3) is 0 Å². The highest BCUT2D eigenvalue weighted by Crippen LogP contribution is 2.37. The van der Waals surface area contributed by atoms with Crippen LogP contribution in [0, 0.1) is 5.82 Å². The van der Waals surface area contributed by atoms with Crippen LogP contribution in [0.5, 0.6) is 0 Å². The van der Waals surface area contributed by atoms with Crippen LogP contribution in [0.1, 0.15) is 31.2 Å². The molecule has 1 spiro atoms. The number of likely N-dealkylation sites (tertiary alicyclic amines) is 1. The number of hydrogen-bond acceptors (Lipinski definition) is 4. The number of rotatable bonds is 5. The van der Waals surface area contributed by atoms with Crippen molar-refractivity contribution in [3.8, 4) is 0 Å². The molecule has 2 heterocycles. The van der Waals surface area contributed by atoms with Gasteiger partial charge in [-0.2, -0.15) is 0 Å². The lowest BCUT2D eigenvalue weighted by Crippen LogP contribution is -2.46. The SMILES string of the molecule is CS(=O)(=O)NC[C@@H]1CCC[C@]2(CCN(Cc3ccccc3F)C2)O1. The number of nitrogens with one attached hydrogen (secondary N) is 1. The van der Waals surface area contributed by atoms with Gasteiger partial charge in [0.1, 0.15) is 5.82 Å². The Bertz CT molecular complexity index is 682. The smallest absolute Gasteiger partial charge is 0.208 e. The summed E-state index contributed by atoms with van der Waals surface area (Å²) in [6, 6.07) is 6.87. The summed E-state index contributed by atoms with van der Waals surface area (Å²) in [4.78, 5) is 2.23. The van der Waals surface area contributed by atoms with Crippen molar-refractivity contribution in [1.29, 1.82) is 0 Å². The Kier molecular flexibility index (Phi) is 5.24. The van der Waals surface area contributed by atoms with Crippen molar-refractivity contribution in [2.24, 2.45) is 0 Å². The predicted octanol–water partition coefficient (Wildman–Crippen LogP) is 1.89. The summed E-state index contributed by atoms with van der Waals surface area (Å²) < 4.78 is 45.2. The van der Waals surface area contributed by atoms with Gasteiger partial charge in [0.15, 0.2) is 0 Å². The molecule has 2 aliphatic heterocycles. The van der Waals surface area contributed by atoms with Gasteiger partial charge in [-0.1, -0.05) is 18.2 Å². The number of halogens is 1. The summed E-state index contributed by atoms with van der Waals surface area (Å²) in [5.41, 5.74) is 0.494. The van der Waals surface area contributed by atoms with Gasteiger partial charge in [-0.25, -0.2) is 17.5 Å². The molecule has 0 radical (unpaired) electrons. The average Bonchev–Trinajstić information content (AvgIpc) is 2.89. The standard InChI is InChI=1S/C17H25FN2O3S/c1-24(21,22)19-11-15-6-4-8-17(23-15)9-10-20(13-17)12-14-5-2-3-7-16(14)18/h2-3,5,7,15,19H,4,6,8-13H2,1H3/t15-,17+/m0/s1. The number of hydrogen-bond donors (Lipinski definition) is 1. The van der Waals surface area contributed by atoms with Crippen LogP contribution in [-0.2, 0) is 21.3 Å². The highest BCUT2D eigenvalue weighted by Gasteiger charge is 2.43. The van der Waals surface area contributed by atoms with Crippen LogP contribution in [-0.4, -0.2) is 50.9 Å². The van der Waals surface area contributed by atoms with E-state index in [1.165, 1.54) is 6.07 Å². The van der Waals surface area contributed by atoms with Crippen molar-refractivity contribution < 1.29 is 17.5 Å². The maximum Gasteiger partial charge on any atom is 0.208 e. The topological polar surface area (TPSA) is 58.6 Å². The molecule has 0 bridgehead atoms. The largest absolute Gasteiger partial charge is 0.369 e. The lowest BCUT2D eigenvalue weighted by atomic mass is 9.90. The molecule has 2 aliphatic rings. The molecule has 2 fully saturated rings. The highest BCUT2D eigenvalue weighted by atomic mass is 32.2. The van der Waals surface area contributed by atoms with E-state index < -0.39 is 10.0 Å². The summed E-state index contributed by atoms with van der Waals surface area (Å²) in [5.74, 6) is -0.168. The van der Waals surface area contributed by atoms with Crippen LogP contribution in [0.2, 0.25) is 0 Å². The predicted molar refractivity (Wildman–Crippen MR) is 90.6 cm³/mol. The third kappa shape index (κ3) is 4.53. The molecule has 0 amide bonds. The van der Waals surface area contributed by atoms with E-state index in [1.807, 2.05) is 12.1 Å². The fraction of sp³-hybridized carbons (Fsp3) is 0.647. The summed E-state index contributed by atoms with van der Waals surface area (Å²) in [6.45, 7) is 2.56. The molecular formula is C17H25FN2O3S. The monoisotopic (exact) mass is 356 g/mol. The van der Waals surface area contributed by atoms with Gasteiger partial charge in [-0.3, -0.25) is 4.90 Å². The molecule has 7 heteroatoms. The molecule has 24 heavy (non-hydrogen) atoms. The van der Waals surface area contributed by atoms with Gasteiger partial charge >= 0.3 is 0 Å². The number of ether oxygens (including phenoxy) is 1. The van der Waals surface area contributed by atoms with Crippen molar-refractivity contribution in [3.05, 3.63) is 35.6 Å². The van der Waals surface area contributed by atoms with Crippen molar-refractivity contribution >= 4 is 10.0 Å². The van der Waals surface area contributed by atoms with E-state index in [1.54, 1.807) is 6.07 Å². The fourth-order valence-electron chi connectivity index (χ4n) is 3.74. The van der Waals surface area contributed by atoms with Crippen LogP contribution in [0.15, 0.2) is 24.3 Å². The van der Waals surface area contributed by atoms with E-state index >= 15 is 0 Å². The number of nitrogens with zero attached hydrogens (tertiary/aromatic N) is 1. The third-order valence-electron chi connectivity index (χ3n) is 4.90. The molecule has 0 unspecified atom stereocenters. The van der Waals surface area contributed by atoms with Gasteiger partial charge in [0, 0.05) is 31.7 Å². The van der Waals surface area contributed by atoms with E-state index in [4.69, 9.17) is 4.74 Å². The third-order valence-corrected chi connectivity index (χ3v) is 5.59. The van der Waals surface area contributed by atoms with Gasteiger partial charge in [0.05, 0.1) is 18.0 Å². The van der Waals surface area contributed by atoms with E-state index in [2.05, 4.69) is 9.62 Å². The summed E-state index contributed by atoms with van der Waals surface area (Å²) in [7, 11) is -3.20. The second-order valence-corrected chi connectivity index (χ2v) is 8.82. The van der Waals surface area contributed by atoms with Crippen LogP contribution >= 0.6 is 0 Å². The fourth-order valence-corrected chi connectivity index (χ4v) is 4.23. The second-order valence-electron chi connectivity index (χ2n) is 6.99. The van der Waals surface area contributed by atoms with Crippen molar-refractivity contribution in [2.75, 3.05) is 25.9 Å². The number of benzene rings is 1. The Morgan fingerprint density at radius 2 is 2.17 bits per heavy atom. The minimum Gasteiger partial charge on any atom is -0.369 e. The molecule has 5 nitrogen and oxygen atoms in total. The van der Waals surface area contributed by atoms with Crippen LogP contribution in [0.4, 0.5) is 4.39 Å². The Labute approximate surface area is 143 Å². The zero-order chi connectivity index (χ0) is 17.2. The summed E-state index contributed by atoms with van der Waals surface area (Å²) in [6.07, 6.45) is 4.88. The molecular weight excluding hydrogens is 331 g/mol. The molecule has 2 saturated heterocycles. The number of sulfonamides is 1. The summed E-state index contributed by atoms with van der Waals surface area (Å²) >= 11 is 0. The van der Waals surface area contributed by atoms with Crippen LogP contribution in [0.25, 0.3) is 0 Å². The Morgan fingerprint density at radius 1 is 1.38 bits per heavy atom. The minimum atomic E-state index is -3.20. The van der Waals surface area contributed by atoms with Crippen LogP contribution < -0.4 is 4.72 Å². The molecule has 3 rings (SSSR count). The Morgan fingerprint density at radius 3 is 2.92 bits per heavy atom. The Hall–Kier alpha value is -1.02. The quantitative estimate of drug-likeness (QED) is 0.875. The lowest BCUT2D eigenvalue weighted by Gasteiger charge is -2.38. The molecule has 2 atom stereocenters. The molecule has 1 N–H and O–H groups in total. The Balaban J connectivity index is 1.58. The zero-order valence-electron chi connectivity index (χ0n) is 14.0.